The van der Waals surface area contributed by atoms with Gasteiger partial charge >= 0.3 is 5.97 Å². The van der Waals surface area contributed by atoms with Crippen molar-refractivity contribution in [2.75, 3.05) is 5.32 Å². The van der Waals surface area contributed by atoms with Crippen LogP contribution in [-0.2, 0) is 6.54 Å². The first-order valence-electron chi connectivity index (χ1n) is 8.80. The summed E-state index contributed by atoms with van der Waals surface area (Å²) in [4.78, 5) is 10.9. The number of allylic oxidation sites excluding steroid dienone is 1. The van der Waals surface area contributed by atoms with Gasteiger partial charge in [-0.25, -0.2) is 9.18 Å². The summed E-state index contributed by atoms with van der Waals surface area (Å²) in [5.74, 6) is -1.27. The highest BCUT2D eigenvalue weighted by Crippen LogP contribution is 2.23. The second kappa shape index (κ2) is 9.17. The van der Waals surface area contributed by atoms with Gasteiger partial charge in [-0.05, 0) is 59.7 Å². The van der Waals surface area contributed by atoms with E-state index in [4.69, 9.17) is 22.1 Å². The van der Waals surface area contributed by atoms with E-state index in [1.54, 1.807) is 54.6 Å². The van der Waals surface area contributed by atoms with Crippen LogP contribution in [0.15, 0.2) is 72.8 Å². The molecule has 0 atom stereocenters. The third-order valence-corrected chi connectivity index (χ3v) is 4.50. The molecule has 0 aliphatic heterocycles. The Balaban J connectivity index is 1.75. The lowest BCUT2D eigenvalue weighted by Gasteiger charge is -2.12. The third kappa shape index (κ3) is 5.53. The van der Waals surface area contributed by atoms with Gasteiger partial charge in [0.15, 0.2) is 0 Å². The molecule has 3 aromatic carbocycles. The Bertz CT molecular complexity index is 1060. The number of carbonyl (C=O) groups is 1. The fourth-order valence-electron chi connectivity index (χ4n) is 2.70. The van der Waals surface area contributed by atoms with Crippen molar-refractivity contribution in [3.63, 3.8) is 0 Å². The second-order valence-electron chi connectivity index (χ2n) is 6.34. The van der Waals surface area contributed by atoms with Crippen LogP contribution in [0, 0.1) is 11.2 Å². The van der Waals surface area contributed by atoms with Gasteiger partial charge in [0.25, 0.3) is 0 Å². The maximum Gasteiger partial charge on any atom is 0.335 e. The highest BCUT2D eigenvalue weighted by molar-refractivity contribution is 6.31. The molecule has 4 nitrogen and oxygen atoms in total. The quantitative estimate of drug-likeness (QED) is 0.428. The molecular formula is C23H18ClFN2O2. The number of rotatable bonds is 7. The van der Waals surface area contributed by atoms with Crippen molar-refractivity contribution in [3.05, 3.63) is 106 Å². The van der Waals surface area contributed by atoms with Crippen LogP contribution in [-0.4, -0.2) is 16.8 Å². The van der Waals surface area contributed by atoms with Gasteiger partial charge in [0.1, 0.15) is 5.82 Å². The molecule has 3 N–H and O–H groups in total. The molecule has 0 aromatic heterocycles. The zero-order valence-electron chi connectivity index (χ0n) is 15.3. The number of carboxylic acids is 1. The van der Waals surface area contributed by atoms with Crippen LogP contribution >= 0.6 is 11.6 Å². The fourth-order valence-corrected chi connectivity index (χ4v) is 2.88. The van der Waals surface area contributed by atoms with Crippen LogP contribution in [0.4, 0.5) is 10.1 Å². The largest absolute Gasteiger partial charge is 0.478 e. The van der Waals surface area contributed by atoms with Gasteiger partial charge in [0.05, 0.1) is 11.3 Å². The average Bonchev–Trinajstić information content (AvgIpc) is 2.72. The Morgan fingerprint density at radius 1 is 1.07 bits per heavy atom. The Hall–Kier alpha value is -3.44. The molecule has 0 fully saturated rings. The predicted molar refractivity (Wildman–Crippen MR) is 114 cm³/mol. The molecule has 146 valence electrons. The van der Waals surface area contributed by atoms with Crippen LogP contribution < -0.4 is 5.32 Å². The van der Waals surface area contributed by atoms with Crippen LogP contribution in [0.2, 0.25) is 5.02 Å². The molecule has 0 spiro atoms. The zero-order valence-corrected chi connectivity index (χ0v) is 16.1. The highest BCUT2D eigenvalue weighted by Gasteiger charge is 2.07. The van der Waals surface area contributed by atoms with E-state index in [-0.39, 0.29) is 17.1 Å². The second-order valence-corrected chi connectivity index (χ2v) is 6.78. The molecule has 0 saturated carbocycles. The van der Waals surface area contributed by atoms with Gasteiger partial charge in [-0.3, -0.25) is 0 Å². The summed E-state index contributed by atoms with van der Waals surface area (Å²) in [6, 6.07) is 17.8. The van der Waals surface area contributed by atoms with Gasteiger partial charge in [0, 0.05) is 22.8 Å². The Morgan fingerprint density at radius 3 is 2.41 bits per heavy atom. The SMILES string of the molecule is N=C(/C=C/c1ccc(C(=O)O)cc1)c1ccc(Cl)cc1NCc1ccc(F)cc1. The molecule has 6 heteroatoms. The molecule has 0 saturated heterocycles. The Kier molecular flexibility index (Phi) is 6.42. The zero-order chi connectivity index (χ0) is 20.8. The summed E-state index contributed by atoms with van der Waals surface area (Å²) in [5.41, 5.74) is 3.52. The molecule has 0 heterocycles. The molecule has 0 aliphatic carbocycles. The van der Waals surface area contributed by atoms with Crippen molar-refractivity contribution in [1.29, 1.82) is 5.41 Å². The molecule has 0 aliphatic rings. The van der Waals surface area contributed by atoms with Crippen molar-refractivity contribution >= 4 is 35.0 Å². The lowest BCUT2D eigenvalue weighted by molar-refractivity contribution is 0.0697. The summed E-state index contributed by atoms with van der Waals surface area (Å²) in [5, 5.41) is 21.1. The smallest absolute Gasteiger partial charge is 0.335 e. The molecular weight excluding hydrogens is 391 g/mol. The first kappa shape index (κ1) is 20.3. The number of hydrogen-bond acceptors (Lipinski definition) is 3. The Labute approximate surface area is 172 Å². The maximum absolute atomic E-state index is 13.1. The normalized spacial score (nSPS) is 10.8. The average molecular weight is 409 g/mol. The fraction of sp³-hybridized carbons (Fsp3) is 0.0435. The lowest BCUT2D eigenvalue weighted by Crippen LogP contribution is -2.05. The summed E-state index contributed by atoms with van der Waals surface area (Å²) >= 11 is 6.11. The van der Waals surface area contributed by atoms with Gasteiger partial charge in [-0.15, -0.1) is 0 Å². The van der Waals surface area contributed by atoms with E-state index in [0.29, 0.717) is 22.8 Å². The van der Waals surface area contributed by atoms with Gasteiger partial charge in [-0.1, -0.05) is 41.9 Å². The minimum atomic E-state index is -0.980. The first-order valence-corrected chi connectivity index (χ1v) is 9.18. The van der Waals surface area contributed by atoms with E-state index in [0.717, 1.165) is 11.1 Å². The molecule has 3 rings (SSSR count). The van der Waals surface area contributed by atoms with Crippen molar-refractivity contribution in [2.45, 2.75) is 6.54 Å². The van der Waals surface area contributed by atoms with Crippen molar-refractivity contribution in [2.24, 2.45) is 0 Å². The monoisotopic (exact) mass is 408 g/mol. The van der Waals surface area contributed by atoms with Crippen LogP contribution in [0.3, 0.4) is 0 Å². The van der Waals surface area contributed by atoms with Gasteiger partial charge in [0.2, 0.25) is 0 Å². The van der Waals surface area contributed by atoms with E-state index >= 15 is 0 Å². The standard InChI is InChI=1S/C23H18ClFN2O2/c24-18-8-11-20(22(13-18)27-14-16-3-9-19(25)10-4-16)21(26)12-5-15-1-6-17(7-2-15)23(28)29/h1-13,26-27H,14H2,(H,28,29)/b12-5+,26-21?. The first-order chi connectivity index (χ1) is 13.9. The van der Waals surface area contributed by atoms with Gasteiger partial charge in [-0.2, -0.15) is 0 Å². The van der Waals surface area contributed by atoms with Crippen LogP contribution in [0.1, 0.15) is 27.0 Å². The van der Waals surface area contributed by atoms with Crippen molar-refractivity contribution < 1.29 is 14.3 Å². The number of aromatic carboxylic acids is 1. The number of anilines is 1. The molecule has 3 aromatic rings. The van der Waals surface area contributed by atoms with Crippen LogP contribution in [0.25, 0.3) is 6.08 Å². The molecule has 0 unspecified atom stereocenters. The predicted octanol–water partition coefficient (Wildman–Crippen LogP) is 5.87. The molecule has 0 bridgehead atoms. The minimum Gasteiger partial charge on any atom is -0.478 e. The molecule has 29 heavy (non-hydrogen) atoms. The maximum atomic E-state index is 13.1. The van der Waals surface area contributed by atoms with E-state index in [2.05, 4.69) is 5.32 Å². The number of carboxylic acid groups (broad SMARTS) is 1. The topological polar surface area (TPSA) is 73.2 Å². The summed E-state index contributed by atoms with van der Waals surface area (Å²) in [7, 11) is 0. The lowest BCUT2D eigenvalue weighted by atomic mass is 10.1. The third-order valence-electron chi connectivity index (χ3n) is 4.27. The van der Waals surface area contributed by atoms with E-state index in [1.807, 2.05) is 0 Å². The van der Waals surface area contributed by atoms with Gasteiger partial charge < -0.3 is 15.8 Å². The van der Waals surface area contributed by atoms with E-state index in [1.165, 1.54) is 24.3 Å². The number of halogens is 2. The van der Waals surface area contributed by atoms with Crippen LogP contribution in [0.5, 0.6) is 0 Å². The van der Waals surface area contributed by atoms with E-state index in [9.17, 15) is 9.18 Å². The summed E-state index contributed by atoms with van der Waals surface area (Å²) < 4.78 is 13.1. The summed E-state index contributed by atoms with van der Waals surface area (Å²) in [6.45, 7) is 0.460. The van der Waals surface area contributed by atoms with Crippen molar-refractivity contribution in [1.82, 2.24) is 0 Å². The summed E-state index contributed by atoms with van der Waals surface area (Å²) in [6.07, 6.45) is 3.38. The minimum absolute atomic E-state index is 0.210. The number of nitrogens with one attached hydrogen (secondary N) is 2. The highest BCUT2D eigenvalue weighted by atomic mass is 35.5. The number of hydrogen-bond donors (Lipinski definition) is 3. The molecule has 0 radical (unpaired) electrons. The molecule has 0 amide bonds. The number of benzene rings is 3. The van der Waals surface area contributed by atoms with E-state index < -0.39 is 5.97 Å². The Morgan fingerprint density at radius 2 is 1.76 bits per heavy atom. The van der Waals surface area contributed by atoms with Crippen molar-refractivity contribution in [3.8, 4) is 0 Å².